The van der Waals surface area contributed by atoms with Crippen molar-refractivity contribution in [3.63, 3.8) is 0 Å². The molecule has 1 atom stereocenters. The van der Waals surface area contributed by atoms with Gasteiger partial charge >= 0.3 is 0 Å². The standard InChI is InChI=1S/C22H24N4O3/c1-16(13-18-9-5-12-29-18)23-21(27)19-14-20-22(28)25(10-6-11-26(20)24-19)15-17-7-3-2-4-8-17/h2-5,7-9,12,14,16H,6,10-11,13,15H2,1H3,(H,23,27)/t16-/m1/s1. The van der Waals surface area contributed by atoms with Crippen LogP contribution in [0, 0.1) is 0 Å². The molecule has 7 heteroatoms. The van der Waals surface area contributed by atoms with Crippen LogP contribution in [0.4, 0.5) is 0 Å². The van der Waals surface area contributed by atoms with E-state index in [0.717, 1.165) is 17.7 Å². The smallest absolute Gasteiger partial charge is 0.272 e. The Morgan fingerprint density at radius 3 is 2.79 bits per heavy atom. The van der Waals surface area contributed by atoms with Crippen LogP contribution in [0.2, 0.25) is 0 Å². The Balaban J connectivity index is 1.45. The van der Waals surface area contributed by atoms with E-state index in [4.69, 9.17) is 4.42 Å². The van der Waals surface area contributed by atoms with Crippen LogP contribution in [0.3, 0.4) is 0 Å². The molecule has 0 bridgehead atoms. The van der Waals surface area contributed by atoms with Crippen molar-refractivity contribution < 1.29 is 14.0 Å². The lowest BCUT2D eigenvalue weighted by Gasteiger charge is -2.20. The molecule has 4 rings (SSSR count). The van der Waals surface area contributed by atoms with Crippen molar-refractivity contribution in [1.82, 2.24) is 20.0 Å². The van der Waals surface area contributed by atoms with Crippen LogP contribution in [0.5, 0.6) is 0 Å². The van der Waals surface area contributed by atoms with E-state index >= 15 is 0 Å². The molecule has 0 saturated heterocycles. The molecule has 7 nitrogen and oxygen atoms in total. The molecule has 0 fully saturated rings. The molecular formula is C22H24N4O3. The second kappa shape index (κ2) is 8.34. The number of nitrogens with zero attached hydrogens (tertiary/aromatic N) is 3. The fourth-order valence-electron chi connectivity index (χ4n) is 3.58. The van der Waals surface area contributed by atoms with E-state index in [1.165, 1.54) is 0 Å². The number of hydrogen-bond donors (Lipinski definition) is 1. The molecular weight excluding hydrogens is 368 g/mol. The highest BCUT2D eigenvalue weighted by Gasteiger charge is 2.26. The van der Waals surface area contributed by atoms with Gasteiger partial charge < -0.3 is 14.6 Å². The minimum absolute atomic E-state index is 0.0958. The largest absolute Gasteiger partial charge is 0.469 e. The third-order valence-electron chi connectivity index (χ3n) is 5.00. The molecule has 0 spiro atoms. The molecule has 3 heterocycles. The van der Waals surface area contributed by atoms with Crippen LogP contribution in [0.25, 0.3) is 0 Å². The summed E-state index contributed by atoms with van der Waals surface area (Å²) in [6.45, 7) is 3.74. The second-order valence-electron chi connectivity index (χ2n) is 7.36. The van der Waals surface area contributed by atoms with Crippen LogP contribution in [-0.4, -0.2) is 39.1 Å². The van der Waals surface area contributed by atoms with Crippen LogP contribution in [0.15, 0.2) is 59.2 Å². The molecule has 0 aliphatic carbocycles. The summed E-state index contributed by atoms with van der Waals surface area (Å²) in [6.07, 6.45) is 3.00. The van der Waals surface area contributed by atoms with Crippen LogP contribution >= 0.6 is 0 Å². The molecule has 1 aliphatic rings. The summed E-state index contributed by atoms with van der Waals surface area (Å²) in [5.41, 5.74) is 1.81. The summed E-state index contributed by atoms with van der Waals surface area (Å²) in [6, 6.07) is 15.1. The first kappa shape index (κ1) is 19.0. The molecule has 2 aromatic heterocycles. The van der Waals surface area contributed by atoms with E-state index in [1.807, 2.05) is 54.3 Å². The summed E-state index contributed by atoms with van der Waals surface area (Å²) in [4.78, 5) is 27.5. The lowest BCUT2D eigenvalue weighted by molar-refractivity contribution is 0.0745. The van der Waals surface area contributed by atoms with Gasteiger partial charge in [0, 0.05) is 38.2 Å². The molecule has 29 heavy (non-hydrogen) atoms. The van der Waals surface area contributed by atoms with E-state index in [0.29, 0.717) is 31.7 Å². The number of aryl methyl sites for hydroxylation is 1. The molecule has 1 N–H and O–H groups in total. The number of benzene rings is 1. The van der Waals surface area contributed by atoms with E-state index in [-0.39, 0.29) is 23.6 Å². The second-order valence-corrected chi connectivity index (χ2v) is 7.36. The highest BCUT2D eigenvalue weighted by Crippen LogP contribution is 2.17. The van der Waals surface area contributed by atoms with Gasteiger partial charge in [0.15, 0.2) is 5.69 Å². The predicted molar refractivity (Wildman–Crippen MR) is 107 cm³/mol. The first-order chi connectivity index (χ1) is 14.1. The van der Waals surface area contributed by atoms with Crippen molar-refractivity contribution >= 4 is 11.8 Å². The zero-order chi connectivity index (χ0) is 20.2. The molecule has 0 radical (unpaired) electrons. The Morgan fingerprint density at radius 1 is 1.21 bits per heavy atom. The lowest BCUT2D eigenvalue weighted by Crippen LogP contribution is -2.34. The van der Waals surface area contributed by atoms with Crippen molar-refractivity contribution in [2.45, 2.75) is 38.9 Å². The number of rotatable bonds is 6. The van der Waals surface area contributed by atoms with Crippen molar-refractivity contribution in [2.24, 2.45) is 0 Å². The van der Waals surface area contributed by atoms with Crippen molar-refractivity contribution in [3.05, 3.63) is 77.5 Å². The molecule has 150 valence electrons. The summed E-state index contributed by atoms with van der Waals surface area (Å²) >= 11 is 0. The van der Waals surface area contributed by atoms with Gasteiger partial charge in [-0.2, -0.15) is 5.10 Å². The van der Waals surface area contributed by atoms with Crippen molar-refractivity contribution in [1.29, 1.82) is 0 Å². The molecule has 0 saturated carbocycles. The average molecular weight is 392 g/mol. The Bertz CT molecular complexity index is 979. The van der Waals surface area contributed by atoms with Gasteiger partial charge in [-0.25, -0.2) is 0 Å². The molecule has 1 aliphatic heterocycles. The SMILES string of the molecule is C[C@H](Cc1ccco1)NC(=O)c1cc2n(n1)CCCN(Cc1ccccc1)C2=O. The Morgan fingerprint density at radius 2 is 2.03 bits per heavy atom. The fourth-order valence-corrected chi connectivity index (χ4v) is 3.58. The maximum atomic E-state index is 13.0. The van der Waals surface area contributed by atoms with Crippen LogP contribution < -0.4 is 5.32 Å². The fraction of sp³-hybridized carbons (Fsp3) is 0.318. The summed E-state index contributed by atoms with van der Waals surface area (Å²) < 4.78 is 6.98. The number of carbonyl (C=O) groups is 2. The third-order valence-corrected chi connectivity index (χ3v) is 5.00. The zero-order valence-corrected chi connectivity index (χ0v) is 16.4. The van der Waals surface area contributed by atoms with Gasteiger partial charge in [0.1, 0.15) is 11.5 Å². The number of nitrogens with one attached hydrogen (secondary N) is 1. The Labute approximate surface area is 169 Å². The summed E-state index contributed by atoms with van der Waals surface area (Å²) in [5.74, 6) is 0.429. The molecule has 1 aromatic carbocycles. The normalized spacial score (nSPS) is 14.9. The molecule has 3 aromatic rings. The predicted octanol–water partition coefficient (Wildman–Crippen LogP) is 2.88. The quantitative estimate of drug-likeness (QED) is 0.699. The van der Waals surface area contributed by atoms with Gasteiger partial charge in [0.05, 0.1) is 6.26 Å². The summed E-state index contributed by atoms with van der Waals surface area (Å²) in [7, 11) is 0. The third kappa shape index (κ3) is 4.39. The molecule has 2 amide bonds. The number of fused-ring (bicyclic) bond motifs is 1. The highest BCUT2D eigenvalue weighted by atomic mass is 16.3. The van der Waals surface area contributed by atoms with E-state index in [9.17, 15) is 9.59 Å². The van der Waals surface area contributed by atoms with E-state index in [2.05, 4.69) is 10.4 Å². The maximum Gasteiger partial charge on any atom is 0.272 e. The maximum absolute atomic E-state index is 13.0. The van der Waals surface area contributed by atoms with Gasteiger partial charge in [-0.1, -0.05) is 30.3 Å². The van der Waals surface area contributed by atoms with E-state index in [1.54, 1.807) is 17.0 Å². The topological polar surface area (TPSA) is 80.4 Å². The number of aromatic nitrogens is 2. The Kier molecular flexibility index (Phi) is 5.46. The summed E-state index contributed by atoms with van der Waals surface area (Å²) in [5, 5.41) is 7.31. The molecule has 0 unspecified atom stereocenters. The number of hydrogen-bond acceptors (Lipinski definition) is 4. The average Bonchev–Trinajstić information content (AvgIpc) is 3.35. The lowest BCUT2D eigenvalue weighted by atomic mass is 10.2. The van der Waals surface area contributed by atoms with Gasteiger partial charge in [-0.15, -0.1) is 0 Å². The van der Waals surface area contributed by atoms with Crippen molar-refractivity contribution in [2.75, 3.05) is 6.54 Å². The van der Waals surface area contributed by atoms with Gasteiger partial charge in [-0.3, -0.25) is 14.3 Å². The van der Waals surface area contributed by atoms with Crippen molar-refractivity contribution in [3.8, 4) is 0 Å². The Hall–Kier alpha value is -3.35. The number of amides is 2. The van der Waals surface area contributed by atoms with Crippen LogP contribution in [0.1, 0.15) is 45.6 Å². The first-order valence-electron chi connectivity index (χ1n) is 9.84. The zero-order valence-electron chi connectivity index (χ0n) is 16.4. The van der Waals surface area contributed by atoms with E-state index < -0.39 is 0 Å². The number of carbonyl (C=O) groups excluding carboxylic acids is 2. The number of furan rings is 1. The highest BCUT2D eigenvalue weighted by molar-refractivity contribution is 5.98. The van der Waals surface area contributed by atoms with Crippen LogP contribution in [-0.2, 0) is 19.5 Å². The monoisotopic (exact) mass is 392 g/mol. The minimum atomic E-state index is -0.285. The van der Waals surface area contributed by atoms with Gasteiger partial charge in [0.2, 0.25) is 0 Å². The first-order valence-corrected chi connectivity index (χ1v) is 9.84. The van der Waals surface area contributed by atoms with Gasteiger partial charge in [-0.05, 0) is 31.0 Å². The van der Waals surface area contributed by atoms with Gasteiger partial charge in [0.25, 0.3) is 11.8 Å². The minimum Gasteiger partial charge on any atom is -0.469 e.